The zero-order valence-electron chi connectivity index (χ0n) is 14.1. The van der Waals surface area contributed by atoms with Crippen molar-refractivity contribution in [2.45, 2.75) is 38.9 Å². The van der Waals surface area contributed by atoms with Gasteiger partial charge in [0.15, 0.2) is 0 Å². The molecule has 1 saturated carbocycles. The summed E-state index contributed by atoms with van der Waals surface area (Å²) >= 11 is 0. The molecule has 1 aliphatic heterocycles. The number of amides is 1. The highest BCUT2D eigenvalue weighted by atomic mass is 16.2. The molecule has 5 heteroatoms. The highest BCUT2D eigenvalue weighted by Crippen LogP contribution is 2.41. The molecule has 1 aromatic carbocycles. The minimum atomic E-state index is 0.118. The van der Waals surface area contributed by atoms with Gasteiger partial charge >= 0.3 is 0 Å². The van der Waals surface area contributed by atoms with Crippen LogP contribution in [0.5, 0.6) is 0 Å². The quantitative estimate of drug-likeness (QED) is 0.918. The lowest BCUT2D eigenvalue weighted by molar-refractivity contribution is -0.123. The van der Waals surface area contributed by atoms with Gasteiger partial charge in [-0.3, -0.25) is 9.69 Å². The van der Waals surface area contributed by atoms with Gasteiger partial charge in [0.2, 0.25) is 5.91 Å². The van der Waals surface area contributed by atoms with Crippen molar-refractivity contribution in [3.05, 3.63) is 53.6 Å². The van der Waals surface area contributed by atoms with Crippen molar-refractivity contribution in [3.63, 3.8) is 0 Å². The van der Waals surface area contributed by atoms with Crippen LogP contribution in [0.2, 0.25) is 0 Å². The fraction of sp³-hybridized carbons (Fsp3) is 0.474. The van der Waals surface area contributed by atoms with E-state index < -0.39 is 0 Å². The Labute approximate surface area is 142 Å². The summed E-state index contributed by atoms with van der Waals surface area (Å²) < 4.78 is 2.16. The molecule has 1 amide bonds. The number of imidazole rings is 1. The number of hydrogen-bond donors (Lipinski definition) is 1. The van der Waals surface area contributed by atoms with E-state index in [2.05, 4.69) is 51.0 Å². The number of aromatic nitrogens is 2. The predicted molar refractivity (Wildman–Crippen MR) is 92.3 cm³/mol. The maximum atomic E-state index is 12.6. The largest absolute Gasteiger partial charge is 0.348 e. The first-order chi connectivity index (χ1) is 11.7. The van der Waals surface area contributed by atoms with Gasteiger partial charge in [-0.2, -0.15) is 0 Å². The summed E-state index contributed by atoms with van der Waals surface area (Å²) in [5.74, 6) is 1.76. The van der Waals surface area contributed by atoms with Crippen LogP contribution in [0.25, 0.3) is 0 Å². The molecule has 24 heavy (non-hydrogen) atoms. The fourth-order valence-electron chi connectivity index (χ4n) is 3.46. The molecule has 0 spiro atoms. The Hall–Kier alpha value is -2.14. The Kier molecular flexibility index (Phi) is 4.10. The van der Waals surface area contributed by atoms with E-state index in [1.165, 1.54) is 24.0 Å². The van der Waals surface area contributed by atoms with E-state index in [9.17, 15) is 4.79 Å². The van der Waals surface area contributed by atoms with Crippen LogP contribution < -0.4 is 5.32 Å². The standard InChI is InChI=1S/C19H24N4O/c1-14-2-4-15(5-3-14)19(16-6-7-16)21-18(24)13-22-10-11-23-9-8-20-17(23)12-22/h2-5,8-9,16,19H,6-7,10-13H2,1H3,(H,21,24)/t19-/m1/s1. The minimum Gasteiger partial charge on any atom is -0.348 e. The van der Waals surface area contributed by atoms with Crippen LogP contribution in [0.3, 0.4) is 0 Å². The lowest BCUT2D eigenvalue weighted by atomic mass is 10.0. The van der Waals surface area contributed by atoms with Gasteiger partial charge < -0.3 is 9.88 Å². The summed E-state index contributed by atoms with van der Waals surface area (Å²) in [4.78, 5) is 19.1. The van der Waals surface area contributed by atoms with E-state index in [4.69, 9.17) is 0 Å². The van der Waals surface area contributed by atoms with Gasteiger partial charge in [-0.25, -0.2) is 4.98 Å². The highest BCUT2D eigenvalue weighted by molar-refractivity contribution is 5.78. The van der Waals surface area contributed by atoms with Crippen molar-refractivity contribution < 1.29 is 4.79 Å². The van der Waals surface area contributed by atoms with E-state index in [0.29, 0.717) is 12.5 Å². The molecular formula is C19H24N4O. The van der Waals surface area contributed by atoms with Crippen LogP contribution in [-0.4, -0.2) is 33.4 Å². The molecule has 2 aromatic rings. The Balaban J connectivity index is 1.38. The zero-order valence-corrected chi connectivity index (χ0v) is 14.1. The molecule has 0 saturated heterocycles. The van der Waals surface area contributed by atoms with Crippen molar-refractivity contribution in [1.29, 1.82) is 0 Å². The average molecular weight is 324 g/mol. The molecule has 0 radical (unpaired) electrons. The molecule has 1 atom stereocenters. The second kappa shape index (κ2) is 6.40. The topological polar surface area (TPSA) is 50.2 Å². The summed E-state index contributed by atoms with van der Waals surface area (Å²) in [6.07, 6.45) is 6.26. The van der Waals surface area contributed by atoms with Gasteiger partial charge in [-0.05, 0) is 31.2 Å². The van der Waals surface area contributed by atoms with Crippen LogP contribution in [-0.2, 0) is 17.9 Å². The van der Waals surface area contributed by atoms with Crippen LogP contribution in [0.15, 0.2) is 36.7 Å². The minimum absolute atomic E-state index is 0.118. The number of fused-ring (bicyclic) bond motifs is 1. The van der Waals surface area contributed by atoms with E-state index in [1.807, 2.05) is 12.4 Å². The first-order valence-corrected chi connectivity index (χ1v) is 8.77. The molecule has 5 nitrogen and oxygen atoms in total. The third-order valence-electron chi connectivity index (χ3n) is 5.04. The number of nitrogens with one attached hydrogen (secondary N) is 1. The molecule has 0 bridgehead atoms. The van der Waals surface area contributed by atoms with Crippen molar-refractivity contribution >= 4 is 5.91 Å². The number of nitrogens with zero attached hydrogens (tertiary/aromatic N) is 3. The summed E-state index contributed by atoms with van der Waals surface area (Å²) in [6, 6.07) is 8.71. The average Bonchev–Trinajstić information content (AvgIpc) is 3.31. The molecule has 2 heterocycles. The number of benzene rings is 1. The molecule has 0 unspecified atom stereocenters. The number of rotatable bonds is 5. The van der Waals surface area contributed by atoms with E-state index in [1.54, 1.807) is 0 Å². The van der Waals surface area contributed by atoms with Gasteiger partial charge in [0, 0.05) is 25.5 Å². The first kappa shape index (κ1) is 15.4. The third kappa shape index (κ3) is 3.36. The smallest absolute Gasteiger partial charge is 0.234 e. The fourth-order valence-corrected chi connectivity index (χ4v) is 3.46. The summed E-state index contributed by atoms with van der Waals surface area (Å²) in [5, 5.41) is 3.27. The van der Waals surface area contributed by atoms with E-state index in [0.717, 1.165) is 25.5 Å². The number of carbonyl (C=O) groups excluding carboxylic acids is 1. The molecular weight excluding hydrogens is 300 g/mol. The normalized spacial score (nSPS) is 18.9. The van der Waals surface area contributed by atoms with Gasteiger partial charge in [-0.15, -0.1) is 0 Å². The van der Waals surface area contributed by atoms with Crippen LogP contribution in [0.4, 0.5) is 0 Å². The summed E-state index contributed by atoms with van der Waals surface area (Å²) in [7, 11) is 0. The molecule has 1 aliphatic carbocycles. The Bertz CT molecular complexity index is 717. The molecule has 4 rings (SSSR count). The zero-order chi connectivity index (χ0) is 16.5. The van der Waals surface area contributed by atoms with Crippen LogP contribution >= 0.6 is 0 Å². The SMILES string of the molecule is Cc1ccc([C@@H](NC(=O)CN2CCn3ccnc3C2)C2CC2)cc1. The van der Waals surface area contributed by atoms with Gasteiger partial charge in [0.1, 0.15) is 5.82 Å². The maximum Gasteiger partial charge on any atom is 0.234 e. The molecule has 1 N–H and O–H groups in total. The lowest BCUT2D eigenvalue weighted by Crippen LogP contribution is -2.42. The van der Waals surface area contributed by atoms with E-state index >= 15 is 0 Å². The van der Waals surface area contributed by atoms with Gasteiger partial charge in [0.05, 0.1) is 19.1 Å². The van der Waals surface area contributed by atoms with Crippen LogP contribution in [0.1, 0.15) is 35.8 Å². The molecule has 1 aromatic heterocycles. The van der Waals surface area contributed by atoms with Crippen molar-refractivity contribution in [2.75, 3.05) is 13.1 Å². The molecule has 126 valence electrons. The van der Waals surface area contributed by atoms with Gasteiger partial charge in [-0.1, -0.05) is 29.8 Å². The second-order valence-electron chi connectivity index (χ2n) is 7.04. The Morgan fingerprint density at radius 2 is 2.08 bits per heavy atom. The van der Waals surface area contributed by atoms with Gasteiger partial charge in [0.25, 0.3) is 0 Å². The molecule has 1 fully saturated rings. The van der Waals surface area contributed by atoms with Crippen molar-refractivity contribution in [3.8, 4) is 0 Å². The van der Waals surface area contributed by atoms with Crippen LogP contribution in [0, 0.1) is 12.8 Å². The third-order valence-corrected chi connectivity index (χ3v) is 5.04. The number of carbonyl (C=O) groups is 1. The Morgan fingerprint density at radius 1 is 1.29 bits per heavy atom. The summed E-state index contributed by atoms with van der Waals surface area (Å²) in [5.41, 5.74) is 2.48. The predicted octanol–water partition coefficient (Wildman–Crippen LogP) is 2.27. The number of hydrogen-bond acceptors (Lipinski definition) is 3. The monoisotopic (exact) mass is 324 g/mol. The van der Waals surface area contributed by atoms with Crippen molar-refractivity contribution in [2.24, 2.45) is 5.92 Å². The maximum absolute atomic E-state index is 12.6. The number of aryl methyl sites for hydroxylation is 1. The highest BCUT2D eigenvalue weighted by Gasteiger charge is 2.33. The summed E-state index contributed by atoms with van der Waals surface area (Å²) in [6.45, 7) is 5.09. The second-order valence-corrected chi connectivity index (χ2v) is 7.04. The van der Waals surface area contributed by atoms with E-state index in [-0.39, 0.29) is 11.9 Å². The Morgan fingerprint density at radius 3 is 2.83 bits per heavy atom. The van der Waals surface area contributed by atoms with Crippen molar-refractivity contribution in [1.82, 2.24) is 19.8 Å². The first-order valence-electron chi connectivity index (χ1n) is 8.77. The molecule has 2 aliphatic rings. The lowest BCUT2D eigenvalue weighted by Gasteiger charge is -2.28.